The van der Waals surface area contributed by atoms with Gasteiger partial charge < -0.3 is 9.88 Å². The molecule has 2 heterocycles. The molecular formula is C28H31N3. The summed E-state index contributed by atoms with van der Waals surface area (Å²) in [4.78, 5) is 8.85. The average Bonchev–Trinajstić information content (AvgIpc) is 3.17. The van der Waals surface area contributed by atoms with Crippen LogP contribution in [-0.2, 0) is 6.42 Å². The first-order chi connectivity index (χ1) is 15.2. The summed E-state index contributed by atoms with van der Waals surface area (Å²) in [6.07, 6.45) is 1.07. The van der Waals surface area contributed by atoms with Crippen LogP contribution in [-0.4, -0.2) is 42.6 Å². The Balaban J connectivity index is 1.35. The second-order valence-corrected chi connectivity index (χ2v) is 8.81. The summed E-state index contributed by atoms with van der Waals surface area (Å²) in [5, 5.41) is 1.36. The maximum atomic E-state index is 3.72. The molecule has 0 amide bonds. The highest BCUT2D eigenvalue weighted by molar-refractivity contribution is 5.91. The predicted octanol–water partition coefficient (Wildman–Crippen LogP) is 5.82. The first-order valence-corrected chi connectivity index (χ1v) is 11.4. The molecule has 4 aromatic rings. The monoisotopic (exact) mass is 409 g/mol. The summed E-state index contributed by atoms with van der Waals surface area (Å²) >= 11 is 0. The summed E-state index contributed by atoms with van der Waals surface area (Å²) in [6, 6.07) is 26.4. The molecule has 5 rings (SSSR count). The van der Waals surface area contributed by atoms with Crippen molar-refractivity contribution in [2.24, 2.45) is 0 Å². The maximum absolute atomic E-state index is 3.72. The molecule has 0 aliphatic carbocycles. The largest absolute Gasteiger partial charge is 0.369 e. The number of rotatable bonds is 5. The van der Waals surface area contributed by atoms with E-state index in [0.717, 1.165) is 39.1 Å². The van der Waals surface area contributed by atoms with Gasteiger partial charge in [0.25, 0.3) is 0 Å². The molecule has 3 heteroatoms. The molecule has 0 spiro atoms. The van der Waals surface area contributed by atoms with Crippen LogP contribution in [0.4, 0.5) is 5.69 Å². The smallest absolute Gasteiger partial charge is 0.0498 e. The Bertz CT molecular complexity index is 1150. The molecule has 0 saturated carbocycles. The Kier molecular flexibility index (Phi) is 5.52. The third kappa shape index (κ3) is 4.24. The highest BCUT2D eigenvalue weighted by Gasteiger charge is 2.19. The molecule has 1 saturated heterocycles. The molecule has 1 aromatic heterocycles. The number of fused-ring (bicyclic) bond motifs is 1. The van der Waals surface area contributed by atoms with Crippen molar-refractivity contribution >= 4 is 16.6 Å². The van der Waals surface area contributed by atoms with E-state index in [-0.39, 0.29) is 0 Å². The van der Waals surface area contributed by atoms with Crippen LogP contribution in [0.3, 0.4) is 0 Å². The molecule has 1 aliphatic heterocycles. The lowest BCUT2D eigenvalue weighted by Gasteiger charge is -2.36. The number of hydrogen-bond acceptors (Lipinski definition) is 2. The van der Waals surface area contributed by atoms with Gasteiger partial charge in [-0.25, -0.2) is 0 Å². The molecule has 3 nitrogen and oxygen atoms in total. The summed E-state index contributed by atoms with van der Waals surface area (Å²) < 4.78 is 0. The maximum Gasteiger partial charge on any atom is 0.0498 e. The van der Waals surface area contributed by atoms with E-state index in [1.54, 1.807) is 0 Å². The van der Waals surface area contributed by atoms with Gasteiger partial charge in [-0.05, 0) is 61.7 Å². The highest BCUT2D eigenvalue weighted by Crippen LogP contribution is 2.32. The van der Waals surface area contributed by atoms with Gasteiger partial charge in [0.1, 0.15) is 0 Å². The van der Waals surface area contributed by atoms with Crippen molar-refractivity contribution in [3.05, 3.63) is 89.5 Å². The third-order valence-corrected chi connectivity index (χ3v) is 6.50. The first-order valence-electron chi connectivity index (χ1n) is 11.4. The third-order valence-electron chi connectivity index (χ3n) is 6.50. The van der Waals surface area contributed by atoms with Crippen LogP contribution in [0, 0.1) is 13.8 Å². The van der Waals surface area contributed by atoms with Crippen LogP contribution in [0.2, 0.25) is 0 Å². The quantitative estimate of drug-likeness (QED) is 0.449. The number of piperazine rings is 1. The van der Waals surface area contributed by atoms with E-state index in [2.05, 4.69) is 101 Å². The number of aromatic nitrogens is 1. The second kappa shape index (κ2) is 8.60. The lowest BCUT2D eigenvalue weighted by Crippen LogP contribution is -2.47. The minimum atomic E-state index is 1.07. The number of anilines is 1. The molecule has 158 valence electrons. The van der Waals surface area contributed by atoms with Crippen molar-refractivity contribution in [3.63, 3.8) is 0 Å². The van der Waals surface area contributed by atoms with Crippen molar-refractivity contribution in [3.8, 4) is 11.3 Å². The molecule has 3 aromatic carbocycles. The van der Waals surface area contributed by atoms with Crippen molar-refractivity contribution in [1.29, 1.82) is 0 Å². The minimum Gasteiger partial charge on any atom is -0.369 e. The van der Waals surface area contributed by atoms with Gasteiger partial charge in [-0.3, -0.25) is 4.90 Å². The zero-order valence-corrected chi connectivity index (χ0v) is 18.6. The number of nitrogens with zero attached hydrogens (tertiary/aromatic N) is 2. The lowest BCUT2D eigenvalue weighted by molar-refractivity contribution is 0.261. The van der Waals surface area contributed by atoms with Crippen molar-refractivity contribution < 1.29 is 0 Å². The highest BCUT2D eigenvalue weighted by atomic mass is 15.3. The normalized spacial score (nSPS) is 15.0. The van der Waals surface area contributed by atoms with Crippen molar-refractivity contribution in [1.82, 2.24) is 9.88 Å². The lowest BCUT2D eigenvalue weighted by atomic mass is 9.99. The van der Waals surface area contributed by atoms with Gasteiger partial charge in [-0.1, -0.05) is 53.6 Å². The van der Waals surface area contributed by atoms with Gasteiger partial charge in [0, 0.05) is 55.0 Å². The zero-order chi connectivity index (χ0) is 21.2. The van der Waals surface area contributed by atoms with Crippen LogP contribution in [0.25, 0.3) is 22.2 Å². The number of nitrogens with one attached hydrogen (secondary N) is 1. The standard InChI is InChI=1S/C28H31N3/c1-21-18-22(2)20-23(19-21)28-26(25-10-6-7-11-27(25)29-28)12-13-30-14-16-31(17-15-30)24-8-4-3-5-9-24/h3-11,18-20,29H,12-17H2,1-2H3. The summed E-state index contributed by atoms with van der Waals surface area (Å²) in [6.45, 7) is 9.91. The van der Waals surface area contributed by atoms with E-state index in [9.17, 15) is 0 Å². The van der Waals surface area contributed by atoms with E-state index in [1.165, 1.54) is 44.5 Å². The fraction of sp³-hybridized carbons (Fsp3) is 0.286. The van der Waals surface area contributed by atoms with E-state index < -0.39 is 0 Å². The zero-order valence-electron chi connectivity index (χ0n) is 18.6. The number of aryl methyl sites for hydroxylation is 2. The van der Waals surface area contributed by atoms with Crippen LogP contribution in [0.15, 0.2) is 72.8 Å². The number of para-hydroxylation sites is 2. The Hall–Kier alpha value is -3.04. The SMILES string of the molecule is Cc1cc(C)cc(-c2[nH]c3ccccc3c2CCN2CCN(c3ccccc3)CC2)c1. The Morgan fingerprint density at radius 2 is 1.45 bits per heavy atom. The molecule has 1 N–H and O–H groups in total. The first kappa shape index (κ1) is 19.9. The number of H-pyrrole nitrogens is 1. The molecule has 0 bridgehead atoms. The second-order valence-electron chi connectivity index (χ2n) is 8.81. The average molecular weight is 410 g/mol. The molecular weight excluding hydrogens is 378 g/mol. The van der Waals surface area contributed by atoms with Gasteiger partial charge in [-0.2, -0.15) is 0 Å². The Morgan fingerprint density at radius 3 is 2.19 bits per heavy atom. The molecule has 0 atom stereocenters. The van der Waals surface area contributed by atoms with E-state index >= 15 is 0 Å². The summed E-state index contributed by atoms with van der Waals surface area (Å²) in [5.74, 6) is 0. The van der Waals surface area contributed by atoms with Crippen molar-refractivity contribution in [2.45, 2.75) is 20.3 Å². The van der Waals surface area contributed by atoms with Gasteiger partial charge in [0.05, 0.1) is 0 Å². The van der Waals surface area contributed by atoms with E-state index in [0.29, 0.717) is 0 Å². The fourth-order valence-electron chi connectivity index (χ4n) is 4.96. The molecule has 0 unspecified atom stereocenters. The molecule has 0 radical (unpaired) electrons. The van der Waals surface area contributed by atoms with Crippen LogP contribution in [0.5, 0.6) is 0 Å². The number of benzene rings is 3. The van der Waals surface area contributed by atoms with Gasteiger partial charge in [0.2, 0.25) is 0 Å². The molecule has 1 aliphatic rings. The topological polar surface area (TPSA) is 22.3 Å². The van der Waals surface area contributed by atoms with E-state index in [4.69, 9.17) is 0 Å². The molecule has 31 heavy (non-hydrogen) atoms. The predicted molar refractivity (Wildman–Crippen MR) is 132 cm³/mol. The van der Waals surface area contributed by atoms with Crippen LogP contribution < -0.4 is 4.90 Å². The van der Waals surface area contributed by atoms with Gasteiger partial charge in [-0.15, -0.1) is 0 Å². The molecule has 1 fully saturated rings. The minimum absolute atomic E-state index is 1.07. The fourth-order valence-corrected chi connectivity index (χ4v) is 4.96. The van der Waals surface area contributed by atoms with Gasteiger partial charge in [0.15, 0.2) is 0 Å². The Labute approximate surface area is 185 Å². The number of aromatic amines is 1. The van der Waals surface area contributed by atoms with Crippen LogP contribution in [0.1, 0.15) is 16.7 Å². The Morgan fingerprint density at radius 1 is 0.774 bits per heavy atom. The van der Waals surface area contributed by atoms with Crippen LogP contribution >= 0.6 is 0 Å². The van der Waals surface area contributed by atoms with Gasteiger partial charge >= 0.3 is 0 Å². The van der Waals surface area contributed by atoms with Crippen molar-refractivity contribution in [2.75, 3.05) is 37.6 Å². The summed E-state index contributed by atoms with van der Waals surface area (Å²) in [7, 11) is 0. The summed E-state index contributed by atoms with van der Waals surface area (Å²) in [5.41, 5.74) is 9.25. The number of hydrogen-bond donors (Lipinski definition) is 1. The van der Waals surface area contributed by atoms with E-state index in [1.807, 2.05) is 0 Å².